The van der Waals surface area contributed by atoms with E-state index in [1.54, 1.807) is 0 Å². The zero-order chi connectivity index (χ0) is 19.5. The van der Waals surface area contributed by atoms with Crippen LogP contribution in [0.25, 0.3) is 0 Å². The van der Waals surface area contributed by atoms with Crippen molar-refractivity contribution in [2.24, 2.45) is 0 Å². The van der Waals surface area contributed by atoms with Gasteiger partial charge in [-0.1, -0.05) is 32.9 Å². The number of hydrogen-bond donors (Lipinski definition) is 1. The molecule has 0 aliphatic rings. The lowest BCUT2D eigenvalue weighted by Gasteiger charge is -2.22. The average Bonchev–Trinajstić information content (AvgIpc) is 2.88. The fourth-order valence-corrected chi connectivity index (χ4v) is 3.31. The van der Waals surface area contributed by atoms with Crippen molar-refractivity contribution in [1.82, 2.24) is 9.88 Å². The van der Waals surface area contributed by atoms with Crippen LogP contribution in [-0.4, -0.2) is 34.8 Å². The van der Waals surface area contributed by atoms with Gasteiger partial charge in [-0.25, -0.2) is 4.98 Å². The number of nitrogens with zero attached hydrogens (tertiary/aromatic N) is 2. The Bertz CT molecular complexity index is 769. The number of rotatable bonds is 5. The van der Waals surface area contributed by atoms with Gasteiger partial charge in [-0.3, -0.25) is 9.59 Å². The van der Waals surface area contributed by atoms with Gasteiger partial charge in [-0.2, -0.15) is 0 Å². The SMILES string of the molecule is CCN(CC(=O)Nc1nc(C)c(C)s1)C(=O)c1ccc(C(C)(C)C)cc1. The maximum Gasteiger partial charge on any atom is 0.254 e. The van der Waals surface area contributed by atoms with Gasteiger partial charge in [0.15, 0.2) is 5.13 Å². The number of hydrogen-bond acceptors (Lipinski definition) is 4. The summed E-state index contributed by atoms with van der Waals surface area (Å²) in [7, 11) is 0. The summed E-state index contributed by atoms with van der Waals surface area (Å²) in [6.45, 7) is 12.6. The lowest BCUT2D eigenvalue weighted by Crippen LogP contribution is -2.37. The monoisotopic (exact) mass is 373 g/mol. The Morgan fingerprint density at radius 1 is 1.15 bits per heavy atom. The molecule has 1 aromatic heterocycles. The van der Waals surface area contributed by atoms with Crippen molar-refractivity contribution in [3.63, 3.8) is 0 Å². The highest BCUT2D eigenvalue weighted by Crippen LogP contribution is 2.23. The number of nitrogens with one attached hydrogen (secondary N) is 1. The van der Waals surface area contributed by atoms with Gasteiger partial charge < -0.3 is 10.2 Å². The van der Waals surface area contributed by atoms with E-state index in [0.717, 1.165) is 10.6 Å². The van der Waals surface area contributed by atoms with Crippen molar-refractivity contribution >= 4 is 28.3 Å². The third-order valence-corrected chi connectivity index (χ3v) is 5.26. The smallest absolute Gasteiger partial charge is 0.254 e. The van der Waals surface area contributed by atoms with E-state index in [0.29, 0.717) is 17.2 Å². The fraction of sp³-hybridized carbons (Fsp3) is 0.450. The summed E-state index contributed by atoms with van der Waals surface area (Å²) in [5.41, 5.74) is 2.71. The van der Waals surface area contributed by atoms with Gasteiger partial charge in [0.1, 0.15) is 6.54 Å². The highest BCUT2D eigenvalue weighted by molar-refractivity contribution is 7.15. The second kappa shape index (κ2) is 7.99. The minimum Gasteiger partial charge on any atom is -0.330 e. The first-order chi connectivity index (χ1) is 12.1. The summed E-state index contributed by atoms with van der Waals surface area (Å²) in [4.78, 5) is 31.9. The zero-order valence-electron chi connectivity index (χ0n) is 16.3. The number of anilines is 1. The van der Waals surface area contributed by atoms with E-state index >= 15 is 0 Å². The van der Waals surface area contributed by atoms with Crippen LogP contribution in [-0.2, 0) is 10.2 Å². The molecule has 0 atom stereocenters. The molecular weight excluding hydrogens is 346 g/mol. The molecule has 0 spiro atoms. The average molecular weight is 374 g/mol. The van der Waals surface area contributed by atoms with Crippen LogP contribution in [0.5, 0.6) is 0 Å². The molecule has 0 unspecified atom stereocenters. The van der Waals surface area contributed by atoms with Crippen LogP contribution in [0.2, 0.25) is 0 Å². The number of thiazole rings is 1. The van der Waals surface area contributed by atoms with Crippen LogP contribution < -0.4 is 5.32 Å². The molecule has 26 heavy (non-hydrogen) atoms. The van der Waals surface area contributed by atoms with Crippen molar-refractivity contribution in [2.75, 3.05) is 18.4 Å². The fourth-order valence-electron chi connectivity index (χ4n) is 2.48. The van der Waals surface area contributed by atoms with E-state index in [1.165, 1.54) is 21.8 Å². The maximum atomic E-state index is 12.7. The van der Waals surface area contributed by atoms with Gasteiger partial charge in [-0.15, -0.1) is 11.3 Å². The Balaban J connectivity index is 2.04. The van der Waals surface area contributed by atoms with Crippen LogP contribution in [0.15, 0.2) is 24.3 Å². The van der Waals surface area contributed by atoms with Crippen LogP contribution in [0.1, 0.15) is 54.2 Å². The van der Waals surface area contributed by atoms with Crippen LogP contribution in [0, 0.1) is 13.8 Å². The number of aryl methyl sites for hydroxylation is 2. The summed E-state index contributed by atoms with van der Waals surface area (Å²) in [5, 5.41) is 3.35. The normalized spacial score (nSPS) is 11.3. The summed E-state index contributed by atoms with van der Waals surface area (Å²) in [6, 6.07) is 7.61. The van der Waals surface area contributed by atoms with E-state index < -0.39 is 0 Å². The number of carbonyl (C=O) groups is 2. The first-order valence-electron chi connectivity index (χ1n) is 8.75. The summed E-state index contributed by atoms with van der Waals surface area (Å²) in [5.74, 6) is -0.380. The van der Waals surface area contributed by atoms with E-state index in [4.69, 9.17) is 0 Å². The Kier molecular flexibility index (Phi) is 6.18. The second-order valence-corrected chi connectivity index (χ2v) is 8.56. The molecule has 0 aliphatic carbocycles. The lowest BCUT2D eigenvalue weighted by atomic mass is 9.86. The molecular formula is C20H27N3O2S. The third-order valence-electron chi connectivity index (χ3n) is 4.28. The highest BCUT2D eigenvalue weighted by Gasteiger charge is 2.19. The van der Waals surface area contributed by atoms with E-state index in [9.17, 15) is 9.59 Å². The minimum absolute atomic E-state index is 0.00797. The molecule has 0 saturated heterocycles. The topological polar surface area (TPSA) is 62.3 Å². The van der Waals surface area contributed by atoms with Crippen molar-refractivity contribution < 1.29 is 9.59 Å². The van der Waals surface area contributed by atoms with Gasteiger partial charge in [0.2, 0.25) is 5.91 Å². The predicted molar refractivity (Wildman–Crippen MR) is 107 cm³/mol. The van der Waals surface area contributed by atoms with Crippen molar-refractivity contribution in [1.29, 1.82) is 0 Å². The molecule has 2 amide bonds. The largest absolute Gasteiger partial charge is 0.330 e. The van der Waals surface area contributed by atoms with Gasteiger partial charge in [0.25, 0.3) is 5.91 Å². The minimum atomic E-state index is -0.236. The summed E-state index contributed by atoms with van der Waals surface area (Å²) >= 11 is 1.44. The van der Waals surface area contributed by atoms with Crippen LogP contribution >= 0.6 is 11.3 Å². The number of amides is 2. The second-order valence-electron chi connectivity index (χ2n) is 7.36. The van der Waals surface area contributed by atoms with Gasteiger partial charge in [-0.05, 0) is 43.9 Å². The van der Waals surface area contributed by atoms with Gasteiger partial charge >= 0.3 is 0 Å². The number of carbonyl (C=O) groups excluding carboxylic acids is 2. The molecule has 2 aromatic rings. The molecule has 0 saturated carbocycles. The Hall–Kier alpha value is -2.21. The molecule has 1 aromatic carbocycles. The third kappa shape index (κ3) is 4.91. The van der Waals surface area contributed by atoms with E-state index in [-0.39, 0.29) is 23.8 Å². The van der Waals surface area contributed by atoms with Crippen LogP contribution in [0.3, 0.4) is 0 Å². The van der Waals surface area contributed by atoms with E-state index in [2.05, 4.69) is 31.1 Å². The molecule has 2 rings (SSSR count). The highest BCUT2D eigenvalue weighted by atomic mass is 32.1. The molecule has 5 nitrogen and oxygen atoms in total. The van der Waals surface area contributed by atoms with Gasteiger partial charge in [0, 0.05) is 17.0 Å². The van der Waals surface area contributed by atoms with Crippen molar-refractivity contribution in [3.8, 4) is 0 Å². The zero-order valence-corrected chi connectivity index (χ0v) is 17.2. The molecule has 0 bridgehead atoms. The maximum absolute atomic E-state index is 12.7. The molecule has 0 aliphatic heterocycles. The van der Waals surface area contributed by atoms with Crippen molar-refractivity contribution in [3.05, 3.63) is 46.0 Å². The Morgan fingerprint density at radius 3 is 2.23 bits per heavy atom. The van der Waals surface area contributed by atoms with E-state index in [1.807, 2.05) is 45.0 Å². The quantitative estimate of drug-likeness (QED) is 0.856. The summed E-state index contributed by atoms with van der Waals surface area (Å²) < 4.78 is 0. The Labute approximate surface area is 159 Å². The first kappa shape index (κ1) is 20.1. The number of likely N-dealkylation sites (N-methyl/N-ethyl adjacent to an activating group) is 1. The number of benzene rings is 1. The molecule has 0 fully saturated rings. The van der Waals surface area contributed by atoms with Gasteiger partial charge in [0.05, 0.1) is 5.69 Å². The Morgan fingerprint density at radius 2 is 1.77 bits per heavy atom. The van der Waals surface area contributed by atoms with Crippen molar-refractivity contribution in [2.45, 2.75) is 47.0 Å². The predicted octanol–water partition coefficient (Wildman–Crippen LogP) is 4.16. The molecule has 140 valence electrons. The standard InChI is InChI=1S/C20H27N3O2S/c1-7-23(12-17(24)22-19-21-13(2)14(3)26-19)18(25)15-8-10-16(11-9-15)20(4,5)6/h8-11H,7,12H2,1-6H3,(H,21,22,24). The molecule has 1 N–H and O–H groups in total. The number of aromatic nitrogens is 1. The lowest BCUT2D eigenvalue weighted by molar-refractivity contribution is -0.116. The summed E-state index contributed by atoms with van der Waals surface area (Å²) in [6.07, 6.45) is 0. The molecule has 1 heterocycles. The first-order valence-corrected chi connectivity index (χ1v) is 9.57. The molecule has 0 radical (unpaired) electrons. The van der Waals surface area contributed by atoms with Crippen LogP contribution in [0.4, 0.5) is 5.13 Å². The molecule has 6 heteroatoms.